The van der Waals surface area contributed by atoms with E-state index in [1.165, 1.54) is 51.4 Å². The minimum absolute atomic E-state index is 0.729. The zero-order chi connectivity index (χ0) is 19.1. The van der Waals surface area contributed by atoms with E-state index in [1.54, 1.807) is 103 Å². The van der Waals surface area contributed by atoms with Crippen LogP contribution in [-0.4, -0.2) is 0 Å². The van der Waals surface area contributed by atoms with Crippen LogP contribution in [0.5, 0.6) is 0 Å². The van der Waals surface area contributed by atoms with Gasteiger partial charge in [0.1, 0.15) is 0 Å². The van der Waals surface area contributed by atoms with Gasteiger partial charge in [-0.1, -0.05) is 103 Å². The monoisotopic (exact) mass is 386 g/mol. The van der Waals surface area contributed by atoms with E-state index in [9.17, 15) is 0 Å². The van der Waals surface area contributed by atoms with E-state index in [0.29, 0.717) is 0 Å². The molecule has 0 unspecified atom stereocenters. The molecule has 4 saturated carbocycles. The van der Waals surface area contributed by atoms with Gasteiger partial charge in [-0.15, -0.1) is 0 Å². The van der Waals surface area contributed by atoms with Crippen LogP contribution < -0.4 is 0 Å². The van der Waals surface area contributed by atoms with Gasteiger partial charge in [0, 0.05) is 0 Å². The molecule has 4 fully saturated rings. The lowest BCUT2D eigenvalue weighted by Gasteiger charge is -2.59. The summed E-state index contributed by atoms with van der Waals surface area (Å²) in [5.41, 5.74) is 1.46. The van der Waals surface area contributed by atoms with Gasteiger partial charge in [-0.05, 0) is 74.0 Å². The molecule has 4 aliphatic rings. The smallest absolute Gasteiger partial charge is 0.0210 e. The lowest BCUT2D eigenvalue weighted by atomic mass is 9.45. The maximum Gasteiger partial charge on any atom is -0.0210 e. The SMILES string of the molecule is C1CCCC(C2(C3(C4CCCCCC4)CCCCCC3)CCCCCC2)CC1. The Kier molecular flexibility index (Phi) is 7.85. The van der Waals surface area contributed by atoms with E-state index < -0.39 is 0 Å². The molecule has 28 heavy (non-hydrogen) atoms. The molecule has 0 aromatic rings. The largest absolute Gasteiger partial charge is 0.0533 e. The van der Waals surface area contributed by atoms with Crippen LogP contribution in [0, 0.1) is 22.7 Å². The first-order valence-corrected chi connectivity index (χ1v) is 13.9. The molecule has 0 heterocycles. The highest BCUT2D eigenvalue weighted by molar-refractivity contribution is 5.06. The Morgan fingerprint density at radius 1 is 0.286 bits per heavy atom. The summed E-state index contributed by atoms with van der Waals surface area (Å²) >= 11 is 0. The van der Waals surface area contributed by atoms with Gasteiger partial charge in [-0.2, -0.15) is 0 Å². The van der Waals surface area contributed by atoms with Gasteiger partial charge < -0.3 is 0 Å². The molecule has 0 atom stereocenters. The maximum absolute atomic E-state index is 1.62. The molecule has 162 valence electrons. The van der Waals surface area contributed by atoms with E-state index in [0.717, 1.165) is 22.7 Å². The highest BCUT2D eigenvalue weighted by Gasteiger charge is 2.56. The average molecular weight is 387 g/mol. The summed E-state index contributed by atoms with van der Waals surface area (Å²) in [6.45, 7) is 0. The van der Waals surface area contributed by atoms with Crippen molar-refractivity contribution in [1.29, 1.82) is 0 Å². The summed E-state index contributed by atoms with van der Waals surface area (Å²) < 4.78 is 0. The van der Waals surface area contributed by atoms with Gasteiger partial charge >= 0.3 is 0 Å². The van der Waals surface area contributed by atoms with E-state index in [2.05, 4.69) is 0 Å². The third-order valence-corrected chi connectivity index (χ3v) is 10.3. The Labute approximate surface area is 177 Å². The molecular formula is C28H50. The minimum Gasteiger partial charge on any atom is -0.0533 e. The van der Waals surface area contributed by atoms with Crippen molar-refractivity contribution in [3.8, 4) is 0 Å². The summed E-state index contributed by atoms with van der Waals surface area (Å²) in [6.07, 6.45) is 37.6. The number of hydrogen-bond donors (Lipinski definition) is 0. The zero-order valence-electron chi connectivity index (χ0n) is 19.1. The average Bonchev–Trinajstić information content (AvgIpc) is 3.30. The summed E-state index contributed by atoms with van der Waals surface area (Å²) in [7, 11) is 0. The van der Waals surface area contributed by atoms with Crippen molar-refractivity contribution in [2.24, 2.45) is 22.7 Å². The van der Waals surface area contributed by atoms with Crippen molar-refractivity contribution in [2.75, 3.05) is 0 Å². The molecule has 0 bridgehead atoms. The van der Waals surface area contributed by atoms with Crippen LogP contribution in [0.25, 0.3) is 0 Å². The van der Waals surface area contributed by atoms with E-state index in [1.807, 2.05) is 0 Å². The predicted molar refractivity (Wildman–Crippen MR) is 123 cm³/mol. The second kappa shape index (κ2) is 10.3. The molecule has 4 aliphatic carbocycles. The maximum atomic E-state index is 1.62. The minimum atomic E-state index is 0.729. The van der Waals surface area contributed by atoms with Crippen molar-refractivity contribution in [3.05, 3.63) is 0 Å². The highest BCUT2D eigenvalue weighted by atomic mass is 14.6. The topological polar surface area (TPSA) is 0 Å². The second-order valence-corrected chi connectivity index (χ2v) is 11.5. The molecule has 0 spiro atoms. The van der Waals surface area contributed by atoms with Crippen LogP contribution in [0.15, 0.2) is 0 Å². The predicted octanol–water partition coefficient (Wildman–Crippen LogP) is 9.61. The normalized spacial score (nSPS) is 31.3. The molecule has 0 amide bonds. The van der Waals surface area contributed by atoms with Gasteiger partial charge in [0.15, 0.2) is 0 Å². The summed E-state index contributed by atoms with van der Waals surface area (Å²) in [5.74, 6) is 2.16. The standard InChI is InChI=1S/C28H50/c1-2-10-18-25(17-9-1)27(21-13-5-6-14-22-27)28(23-15-7-8-16-24-28)26-19-11-3-4-12-20-26/h25-26H,1-24H2. The highest BCUT2D eigenvalue weighted by Crippen LogP contribution is 2.66. The Morgan fingerprint density at radius 2 is 0.536 bits per heavy atom. The van der Waals surface area contributed by atoms with Crippen molar-refractivity contribution in [2.45, 2.75) is 154 Å². The van der Waals surface area contributed by atoms with Gasteiger partial charge in [0.25, 0.3) is 0 Å². The van der Waals surface area contributed by atoms with Crippen molar-refractivity contribution in [1.82, 2.24) is 0 Å². The molecule has 0 nitrogen and oxygen atoms in total. The lowest BCUT2D eigenvalue weighted by Crippen LogP contribution is -2.51. The van der Waals surface area contributed by atoms with Crippen molar-refractivity contribution >= 4 is 0 Å². The Morgan fingerprint density at radius 3 is 0.821 bits per heavy atom. The molecule has 0 saturated heterocycles. The van der Waals surface area contributed by atoms with E-state index in [-0.39, 0.29) is 0 Å². The van der Waals surface area contributed by atoms with Crippen molar-refractivity contribution in [3.63, 3.8) is 0 Å². The molecule has 4 rings (SSSR count). The molecule has 0 heteroatoms. The van der Waals surface area contributed by atoms with Gasteiger partial charge in [-0.3, -0.25) is 0 Å². The van der Waals surface area contributed by atoms with Crippen LogP contribution in [0.1, 0.15) is 154 Å². The van der Waals surface area contributed by atoms with Gasteiger partial charge in [0.05, 0.1) is 0 Å². The summed E-state index contributed by atoms with van der Waals surface area (Å²) in [4.78, 5) is 0. The molecule has 0 aromatic heterocycles. The molecule has 0 aliphatic heterocycles. The number of hydrogen-bond acceptors (Lipinski definition) is 0. The van der Waals surface area contributed by atoms with Crippen LogP contribution >= 0.6 is 0 Å². The fourth-order valence-corrected chi connectivity index (χ4v) is 9.01. The quantitative estimate of drug-likeness (QED) is 0.423. The Bertz CT molecular complexity index is 375. The summed E-state index contributed by atoms with van der Waals surface area (Å²) in [6, 6.07) is 0. The molecule has 0 aromatic carbocycles. The van der Waals surface area contributed by atoms with Gasteiger partial charge in [0.2, 0.25) is 0 Å². The van der Waals surface area contributed by atoms with Crippen LogP contribution in [-0.2, 0) is 0 Å². The fraction of sp³-hybridized carbons (Fsp3) is 1.00. The van der Waals surface area contributed by atoms with Crippen LogP contribution in [0.2, 0.25) is 0 Å². The zero-order valence-corrected chi connectivity index (χ0v) is 19.1. The summed E-state index contributed by atoms with van der Waals surface area (Å²) in [5, 5.41) is 0. The third-order valence-electron chi connectivity index (χ3n) is 10.3. The van der Waals surface area contributed by atoms with E-state index in [4.69, 9.17) is 0 Å². The number of rotatable bonds is 3. The van der Waals surface area contributed by atoms with Crippen LogP contribution in [0.4, 0.5) is 0 Å². The lowest BCUT2D eigenvalue weighted by molar-refractivity contribution is -0.102. The molecule has 0 radical (unpaired) electrons. The Balaban J connectivity index is 1.74. The first-order valence-electron chi connectivity index (χ1n) is 13.9. The molecule has 0 N–H and O–H groups in total. The van der Waals surface area contributed by atoms with E-state index >= 15 is 0 Å². The van der Waals surface area contributed by atoms with Gasteiger partial charge in [-0.25, -0.2) is 0 Å². The van der Waals surface area contributed by atoms with Crippen LogP contribution in [0.3, 0.4) is 0 Å². The first-order chi connectivity index (χ1) is 13.9. The van der Waals surface area contributed by atoms with Crippen molar-refractivity contribution < 1.29 is 0 Å². The second-order valence-electron chi connectivity index (χ2n) is 11.5. The molecular weight excluding hydrogens is 336 g/mol. The fourth-order valence-electron chi connectivity index (χ4n) is 9.01. The Hall–Kier alpha value is 0. The first kappa shape index (κ1) is 21.2. The third kappa shape index (κ3) is 4.37.